The summed E-state index contributed by atoms with van der Waals surface area (Å²) in [6, 6.07) is 26.3. The number of ether oxygens (including phenoxy) is 1. The molecule has 0 bridgehead atoms. The first-order chi connectivity index (χ1) is 17.6. The number of fused-ring (bicyclic) bond motifs is 5. The lowest BCUT2D eigenvalue weighted by atomic mass is 9.75. The highest BCUT2D eigenvalue weighted by molar-refractivity contribution is 5.88. The summed E-state index contributed by atoms with van der Waals surface area (Å²) in [6.45, 7) is 0. The predicted octanol–water partition coefficient (Wildman–Crippen LogP) is 6.48. The molecule has 7 rings (SSSR count). The Balaban J connectivity index is 1.52. The first-order valence-electron chi connectivity index (χ1n) is 11.9. The van der Waals surface area contributed by atoms with Crippen LogP contribution in [0, 0.1) is 0 Å². The van der Waals surface area contributed by atoms with Crippen LogP contribution in [-0.4, -0.2) is 11.1 Å². The number of hydrogen-bond acceptors (Lipinski definition) is 4. The number of carboxylic acid groups (broad SMARTS) is 1. The number of aromatic carboxylic acids is 1. The van der Waals surface area contributed by atoms with Crippen LogP contribution in [0.5, 0.6) is 5.75 Å². The van der Waals surface area contributed by atoms with Crippen LogP contribution in [0.25, 0.3) is 28.1 Å². The van der Waals surface area contributed by atoms with Gasteiger partial charge in [-0.3, -0.25) is 4.79 Å². The molecule has 0 fully saturated rings. The van der Waals surface area contributed by atoms with Crippen molar-refractivity contribution in [1.29, 1.82) is 0 Å². The summed E-state index contributed by atoms with van der Waals surface area (Å²) in [5.41, 5.74) is 5.98. The topological polar surface area (TPSA) is 76.7 Å². The molecule has 36 heavy (non-hydrogen) atoms. The molecule has 3 aromatic carbocycles. The summed E-state index contributed by atoms with van der Waals surface area (Å²) < 4.78 is 12.6. The fraction of sp³-hybridized carbons (Fsp3) is 0.0968. The molecule has 174 valence electrons. The number of allylic oxidation sites excluding steroid dienone is 1. The van der Waals surface area contributed by atoms with E-state index in [0.717, 1.165) is 40.7 Å². The fourth-order valence-corrected chi connectivity index (χ4v) is 5.57. The molecule has 1 unspecified atom stereocenters. The first-order valence-corrected chi connectivity index (χ1v) is 11.9. The molecule has 2 aliphatic heterocycles. The highest BCUT2D eigenvalue weighted by atomic mass is 16.5. The number of carbonyl (C=O) groups is 1. The third-order valence-corrected chi connectivity index (χ3v) is 7.28. The minimum Gasteiger partial charge on any atom is -0.478 e. The van der Waals surface area contributed by atoms with E-state index in [9.17, 15) is 14.7 Å². The molecule has 0 saturated heterocycles. The molecule has 2 heterocycles. The largest absolute Gasteiger partial charge is 0.478 e. The highest BCUT2D eigenvalue weighted by Gasteiger charge is 2.37. The van der Waals surface area contributed by atoms with Gasteiger partial charge in [-0.1, -0.05) is 54.6 Å². The van der Waals surface area contributed by atoms with Crippen LogP contribution < -0.4 is 10.2 Å². The van der Waals surface area contributed by atoms with E-state index in [1.807, 2.05) is 60.7 Å². The maximum atomic E-state index is 14.0. The lowest BCUT2D eigenvalue weighted by molar-refractivity contribution is 0.0697. The highest BCUT2D eigenvalue weighted by Crippen LogP contribution is 2.50. The van der Waals surface area contributed by atoms with Crippen molar-refractivity contribution in [3.8, 4) is 17.1 Å². The second-order valence-corrected chi connectivity index (χ2v) is 9.29. The van der Waals surface area contributed by atoms with Crippen LogP contribution in [0.3, 0.4) is 0 Å². The van der Waals surface area contributed by atoms with Crippen LogP contribution >= 0.6 is 0 Å². The molecule has 3 aromatic rings. The summed E-state index contributed by atoms with van der Waals surface area (Å²) in [5.74, 6) is 0.406. The molecule has 1 atom stereocenters. The molecule has 0 spiro atoms. The number of carboxylic acids is 1. The molecule has 0 radical (unpaired) electrons. The monoisotopic (exact) mass is 472 g/mol. The molecular weight excluding hydrogens is 452 g/mol. The summed E-state index contributed by atoms with van der Waals surface area (Å²) in [4.78, 5) is 25.5. The van der Waals surface area contributed by atoms with E-state index in [2.05, 4.69) is 12.1 Å². The van der Waals surface area contributed by atoms with Gasteiger partial charge >= 0.3 is 5.97 Å². The van der Waals surface area contributed by atoms with E-state index in [-0.39, 0.29) is 16.9 Å². The maximum Gasteiger partial charge on any atom is 0.335 e. The van der Waals surface area contributed by atoms with Gasteiger partial charge in [-0.15, -0.1) is 0 Å². The zero-order chi connectivity index (χ0) is 24.4. The number of aryl methyl sites for hydroxylation is 1. The third kappa shape index (κ3) is 3.02. The van der Waals surface area contributed by atoms with E-state index in [0.29, 0.717) is 28.2 Å². The van der Waals surface area contributed by atoms with Gasteiger partial charge in [0.15, 0.2) is 5.43 Å². The first kappa shape index (κ1) is 20.7. The van der Waals surface area contributed by atoms with Gasteiger partial charge in [0, 0.05) is 22.9 Å². The van der Waals surface area contributed by atoms with E-state index in [4.69, 9.17) is 9.15 Å². The average molecular weight is 472 g/mol. The SMILES string of the molecule is O=C(O)c1ccc(C2C3=C(Oc4cc5oc6ccccc6cc-5c(=O)c42)c2ccccc2CC3)cc1. The lowest BCUT2D eigenvalue weighted by Gasteiger charge is -2.34. The maximum absolute atomic E-state index is 14.0. The smallest absolute Gasteiger partial charge is 0.335 e. The third-order valence-electron chi connectivity index (χ3n) is 7.28. The Bertz CT molecular complexity index is 1760. The summed E-state index contributed by atoms with van der Waals surface area (Å²) in [5, 5.41) is 10.3. The molecule has 4 aliphatic rings. The summed E-state index contributed by atoms with van der Waals surface area (Å²) in [6.07, 6.45) is 1.59. The van der Waals surface area contributed by atoms with Crippen molar-refractivity contribution >= 4 is 22.7 Å². The summed E-state index contributed by atoms with van der Waals surface area (Å²) in [7, 11) is 0. The zero-order valence-corrected chi connectivity index (χ0v) is 19.2. The Morgan fingerprint density at radius 3 is 2.47 bits per heavy atom. The molecule has 0 aromatic heterocycles. The Hall–Kier alpha value is -4.64. The molecular formula is C31H20O5. The van der Waals surface area contributed by atoms with Crippen molar-refractivity contribution in [2.75, 3.05) is 0 Å². The van der Waals surface area contributed by atoms with Gasteiger partial charge in [0.05, 0.1) is 16.7 Å². The van der Waals surface area contributed by atoms with Crippen LogP contribution in [0.15, 0.2) is 99.7 Å². The van der Waals surface area contributed by atoms with Gasteiger partial charge in [-0.05, 0) is 53.8 Å². The molecule has 5 nitrogen and oxygen atoms in total. The normalized spacial score (nSPS) is 16.3. The van der Waals surface area contributed by atoms with Crippen molar-refractivity contribution < 1.29 is 19.1 Å². The number of benzene rings is 4. The molecule has 1 N–H and O–H groups in total. The van der Waals surface area contributed by atoms with E-state index in [1.54, 1.807) is 12.1 Å². The zero-order valence-electron chi connectivity index (χ0n) is 19.2. The lowest BCUT2D eigenvalue weighted by Crippen LogP contribution is -2.27. The molecule has 0 amide bonds. The van der Waals surface area contributed by atoms with Crippen LogP contribution in [-0.2, 0) is 6.42 Å². The van der Waals surface area contributed by atoms with Crippen molar-refractivity contribution in [3.63, 3.8) is 0 Å². The standard InChI is InChI=1S/C31H20O5/c32-29-23-15-20-6-2-4-8-24(20)35-25(23)16-26-28(29)27(18-9-11-19(12-10-18)31(33)34)22-14-13-17-5-1-3-7-21(17)30(22)36-26/h1-12,15-16,27H,13-14H2,(H,33,34). The van der Waals surface area contributed by atoms with E-state index in [1.165, 1.54) is 5.56 Å². The Kier molecular flexibility index (Phi) is 4.42. The van der Waals surface area contributed by atoms with Gasteiger partial charge in [0.25, 0.3) is 0 Å². The van der Waals surface area contributed by atoms with Crippen LogP contribution in [0.4, 0.5) is 0 Å². The van der Waals surface area contributed by atoms with Crippen molar-refractivity contribution in [3.05, 3.63) is 129 Å². The van der Waals surface area contributed by atoms with Crippen molar-refractivity contribution in [2.24, 2.45) is 0 Å². The van der Waals surface area contributed by atoms with Crippen molar-refractivity contribution in [1.82, 2.24) is 0 Å². The second-order valence-electron chi connectivity index (χ2n) is 9.29. The van der Waals surface area contributed by atoms with Gasteiger partial charge in [0.1, 0.15) is 22.9 Å². The predicted molar refractivity (Wildman–Crippen MR) is 137 cm³/mol. The molecule has 2 aliphatic carbocycles. The molecule has 5 heteroatoms. The quantitative estimate of drug-likeness (QED) is 0.298. The van der Waals surface area contributed by atoms with Crippen LogP contribution in [0.1, 0.15) is 45.0 Å². The van der Waals surface area contributed by atoms with E-state index >= 15 is 0 Å². The van der Waals surface area contributed by atoms with Crippen molar-refractivity contribution in [2.45, 2.75) is 18.8 Å². The Morgan fingerprint density at radius 2 is 1.64 bits per heavy atom. The minimum atomic E-state index is -0.982. The second kappa shape index (κ2) is 7.68. The van der Waals surface area contributed by atoms with Gasteiger partial charge < -0.3 is 14.3 Å². The molecule has 0 saturated carbocycles. The van der Waals surface area contributed by atoms with Gasteiger partial charge in [-0.2, -0.15) is 0 Å². The minimum absolute atomic E-state index is 0.130. The average Bonchev–Trinajstić information content (AvgIpc) is 2.91. The Morgan fingerprint density at radius 1 is 0.861 bits per heavy atom. The van der Waals surface area contributed by atoms with Gasteiger partial charge in [-0.25, -0.2) is 4.79 Å². The number of para-hydroxylation sites is 1. The fourth-order valence-electron chi connectivity index (χ4n) is 5.57. The Labute approximate surface area is 206 Å². The summed E-state index contributed by atoms with van der Waals surface area (Å²) >= 11 is 0. The van der Waals surface area contributed by atoms with Crippen LogP contribution in [0.2, 0.25) is 0 Å². The van der Waals surface area contributed by atoms with Gasteiger partial charge in [0.2, 0.25) is 0 Å². The van der Waals surface area contributed by atoms with E-state index < -0.39 is 5.97 Å². The number of hydrogen-bond donors (Lipinski definition) is 1. The number of rotatable bonds is 2.